The number of amides is 1. The molecule has 1 aliphatic heterocycles. The molecule has 0 saturated heterocycles. The lowest BCUT2D eigenvalue weighted by atomic mass is 10.2. The predicted octanol–water partition coefficient (Wildman–Crippen LogP) is 2.38. The molecule has 0 unspecified atom stereocenters. The Kier molecular flexibility index (Phi) is 4.78. The van der Waals surface area contributed by atoms with Crippen molar-refractivity contribution >= 4 is 17.7 Å². The quantitative estimate of drug-likeness (QED) is 0.658. The van der Waals surface area contributed by atoms with Crippen molar-refractivity contribution in [1.29, 1.82) is 0 Å². The highest BCUT2D eigenvalue weighted by atomic mass is 32.2. The van der Waals surface area contributed by atoms with Crippen LogP contribution in [0.4, 0.5) is 0 Å². The Morgan fingerprint density at radius 3 is 2.92 bits per heavy atom. The highest BCUT2D eigenvalue weighted by molar-refractivity contribution is 7.99. The minimum atomic E-state index is -0.229. The summed E-state index contributed by atoms with van der Waals surface area (Å²) in [7, 11) is 0. The van der Waals surface area contributed by atoms with Gasteiger partial charge in [-0.2, -0.15) is 0 Å². The van der Waals surface area contributed by atoms with Gasteiger partial charge >= 0.3 is 0 Å². The maximum Gasteiger partial charge on any atom is 0.284 e. The van der Waals surface area contributed by atoms with Crippen molar-refractivity contribution in [2.45, 2.75) is 11.3 Å². The zero-order chi connectivity index (χ0) is 17.8. The smallest absolute Gasteiger partial charge is 0.284 e. The van der Waals surface area contributed by atoms with Crippen LogP contribution in [0.5, 0.6) is 11.5 Å². The molecule has 26 heavy (non-hydrogen) atoms. The summed E-state index contributed by atoms with van der Waals surface area (Å²) in [5, 5.41) is 10.9. The minimum absolute atomic E-state index is 0.157. The molecule has 0 fully saturated rings. The lowest BCUT2D eigenvalue weighted by Gasteiger charge is -2.26. The Labute approximate surface area is 152 Å². The first kappa shape index (κ1) is 16.5. The van der Waals surface area contributed by atoms with Crippen LogP contribution in [-0.4, -0.2) is 41.1 Å². The fourth-order valence-electron chi connectivity index (χ4n) is 2.34. The van der Waals surface area contributed by atoms with Crippen LogP contribution in [0.1, 0.15) is 0 Å². The van der Waals surface area contributed by atoms with Gasteiger partial charge in [0.1, 0.15) is 12.7 Å². The number of rotatable bonds is 6. The lowest BCUT2D eigenvalue weighted by Crippen LogP contribution is -2.41. The monoisotopic (exact) mass is 373 g/mol. The van der Waals surface area contributed by atoms with E-state index in [0.717, 1.165) is 17.5 Å². The van der Waals surface area contributed by atoms with Gasteiger partial charge in [0.25, 0.3) is 11.1 Å². The van der Waals surface area contributed by atoms with E-state index in [-0.39, 0.29) is 23.7 Å². The van der Waals surface area contributed by atoms with E-state index in [1.54, 1.807) is 12.1 Å². The summed E-state index contributed by atoms with van der Waals surface area (Å²) in [6, 6.07) is 10.9. The molecule has 2 aromatic heterocycles. The first-order chi connectivity index (χ1) is 12.8. The number of nitrogens with zero attached hydrogens (tertiary/aromatic N) is 2. The number of hydrogen-bond donors (Lipinski definition) is 1. The molecule has 1 atom stereocenters. The zero-order valence-electron chi connectivity index (χ0n) is 13.6. The minimum Gasteiger partial charge on any atom is -0.486 e. The number of aromatic nitrogens is 2. The average Bonchev–Trinajstić information content (AvgIpc) is 3.36. The molecule has 9 heteroatoms. The van der Waals surface area contributed by atoms with E-state index >= 15 is 0 Å². The van der Waals surface area contributed by atoms with Crippen molar-refractivity contribution < 1.29 is 23.1 Å². The van der Waals surface area contributed by atoms with Crippen LogP contribution >= 0.6 is 11.8 Å². The number of fused-ring (bicyclic) bond motifs is 1. The molecule has 1 aromatic carbocycles. The second kappa shape index (κ2) is 7.52. The molecule has 1 aliphatic rings. The molecule has 0 aliphatic carbocycles. The van der Waals surface area contributed by atoms with Crippen molar-refractivity contribution in [2.75, 3.05) is 18.9 Å². The van der Waals surface area contributed by atoms with Crippen molar-refractivity contribution in [1.82, 2.24) is 15.5 Å². The van der Waals surface area contributed by atoms with Gasteiger partial charge in [0.05, 0.1) is 18.6 Å². The Morgan fingerprint density at radius 1 is 1.19 bits per heavy atom. The van der Waals surface area contributed by atoms with Gasteiger partial charge in [0.15, 0.2) is 17.3 Å². The maximum absolute atomic E-state index is 12.0. The standard InChI is InChI=1S/C17H15N3O5S/c21-15(10-26-17-20-19-16(25-17)14-6-3-7-22-14)18-8-11-9-23-12-4-1-2-5-13(12)24-11/h1-7,11H,8-10H2,(H,18,21)/t11-/m0/s1. The summed E-state index contributed by atoms with van der Waals surface area (Å²) in [5.74, 6) is 2.17. The highest BCUT2D eigenvalue weighted by Crippen LogP contribution is 2.30. The number of benzene rings is 1. The topological polar surface area (TPSA) is 99.6 Å². The highest BCUT2D eigenvalue weighted by Gasteiger charge is 2.21. The zero-order valence-corrected chi connectivity index (χ0v) is 14.4. The molecule has 1 N–H and O–H groups in total. The largest absolute Gasteiger partial charge is 0.486 e. The van der Waals surface area contributed by atoms with Crippen LogP contribution in [0, 0.1) is 0 Å². The molecule has 134 valence electrons. The van der Waals surface area contributed by atoms with E-state index in [0.29, 0.717) is 29.9 Å². The Morgan fingerprint density at radius 2 is 2.08 bits per heavy atom. The van der Waals surface area contributed by atoms with Crippen LogP contribution in [0.3, 0.4) is 0 Å². The second-order valence-electron chi connectivity index (χ2n) is 5.44. The van der Waals surface area contributed by atoms with E-state index in [4.69, 9.17) is 18.3 Å². The predicted molar refractivity (Wildman–Crippen MR) is 92.1 cm³/mol. The molecule has 8 nitrogen and oxygen atoms in total. The number of nitrogens with one attached hydrogen (secondary N) is 1. The summed E-state index contributed by atoms with van der Waals surface area (Å²) >= 11 is 1.16. The summed E-state index contributed by atoms with van der Waals surface area (Å²) in [6.45, 7) is 0.746. The number of hydrogen-bond acceptors (Lipinski definition) is 8. The average molecular weight is 373 g/mol. The molecule has 0 bridgehead atoms. The number of carbonyl (C=O) groups excluding carboxylic acids is 1. The second-order valence-corrected chi connectivity index (χ2v) is 6.37. The van der Waals surface area contributed by atoms with E-state index < -0.39 is 0 Å². The molecular formula is C17H15N3O5S. The van der Waals surface area contributed by atoms with Crippen LogP contribution in [0.15, 0.2) is 56.7 Å². The van der Waals surface area contributed by atoms with Crippen LogP contribution < -0.4 is 14.8 Å². The fourth-order valence-corrected chi connectivity index (χ4v) is 2.93. The fraction of sp³-hybridized carbons (Fsp3) is 0.235. The Hall–Kier alpha value is -2.94. The molecule has 1 amide bonds. The third-order valence-electron chi connectivity index (χ3n) is 3.56. The van der Waals surface area contributed by atoms with Gasteiger partial charge in [-0.1, -0.05) is 23.9 Å². The molecule has 0 radical (unpaired) electrons. The van der Waals surface area contributed by atoms with Crippen LogP contribution in [-0.2, 0) is 4.79 Å². The van der Waals surface area contributed by atoms with Gasteiger partial charge in [-0.05, 0) is 24.3 Å². The first-order valence-electron chi connectivity index (χ1n) is 7.93. The van der Waals surface area contributed by atoms with E-state index in [1.807, 2.05) is 24.3 Å². The number of ether oxygens (including phenoxy) is 2. The molecular weight excluding hydrogens is 358 g/mol. The van der Waals surface area contributed by atoms with Gasteiger partial charge in [0.2, 0.25) is 5.91 Å². The Bertz CT molecular complexity index is 880. The summed E-state index contributed by atoms with van der Waals surface area (Å²) in [5.41, 5.74) is 0. The summed E-state index contributed by atoms with van der Waals surface area (Å²) in [6.07, 6.45) is 1.29. The first-order valence-corrected chi connectivity index (χ1v) is 8.92. The van der Waals surface area contributed by atoms with E-state index in [9.17, 15) is 4.79 Å². The van der Waals surface area contributed by atoms with Crippen LogP contribution in [0.25, 0.3) is 11.7 Å². The summed E-state index contributed by atoms with van der Waals surface area (Å²) in [4.78, 5) is 12.0. The van der Waals surface area contributed by atoms with E-state index in [2.05, 4.69) is 15.5 Å². The number of furan rings is 1. The lowest BCUT2D eigenvalue weighted by molar-refractivity contribution is -0.119. The number of carbonyl (C=O) groups is 1. The molecule has 3 heterocycles. The van der Waals surface area contributed by atoms with Gasteiger partial charge in [-0.3, -0.25) is 4.79 Å². The third kappa shape index (κ3) is 3.83. The number of thioether (sulfide) groups is 1. The van der Waals surface area contributed by atoms with Gasteiger partial charge in [-0.25, -0.2) is 0 Å². The SMILES string of the molecule is O=C(CSc1nnc(-c2ccco2)o1)NC[C@H]1COc2ccccc2O1. The third-order valence-corrected chi connectivity index (χ3v) is 4.38. The van der Waals surface area contributed by atoms with Gasteiger partial charge in [0, 0.05) is 0 Å². The number of para-hydroxylation sites is 2. The normalized spacial score (nSPS) is 15.6. The van der Waals surface area contributed by atoms with Crippen molar-refractivity contribution in [3.63, 3.8) is 0 Å². The van der Waals surface area contributed by atoms with Crippen molar-refractivity contribution in [3.05, 3.63) is 42.7 Å². The maximum atomic E-state index is 12.0. The van der Waals surface area contributed by atoms with Crippen molar-refractivity contribution in [2.24, 2.45) is 0 Å². The molecule has 0 spiro atoms. The molecule has 4 rings (SSSR count). The van der Waals surface area contributed by atoms with Crippen molar-refractivity contribution in [3.8, 4) is 23.1 Å². The van der Waals surface area contributed by atoms with E-state index in [1.165, 1.54) is 6.26 Å². The van der Waals surface area contributed by atoms with Crippen LogP contribution in [0.2, 0.25) is 0 Å². The van der Waals surface area contributed by atoms with Gasteiger partial charge in [-0.15, -0.1) is 10.2 Å². The summed E-state index contributed by atoms with van der Waals surface area (Å²) < 4.78 is 22.0. The molecule has 3 aromatic rings. The Balaban J connectivity index is 1.23. The molecule has 0 saturated carbocycles. The van der Waals surface area contributed by atoms with Gasteiger partial charge < -0.3 is 23.6 Å².